The van der Waals surface area contributed by atoms with E-state index in [9.17, 15) is 4.79 Å². The summed E-state index contributed by atoms with van der Waals surface area (Å²) in [6.07, 6.45) is 0.195. The zero-order valence-electron chi connectivity index (χ0n) is 9.36. The van der Waals surface area contributed by atoms with Gasteiger partial charge in [-0.3, -0.25) is 9.69 Å². The quantitative estimate of drug-likeness (QED) is 0.839. The Hall–Kier alpha value is -0.870. The third-order valence-corrected chi connectivity index (χ3v) is 3.59. The summed E-state index contributed by atoms with van der Waals surface area (Å²) in [5.74, 6) is -0.739. The number of thiophene rings is 1. The van der Waals surface area contributed by atoms with Crippen molar-refractivity contribution in [3.8, 4) is 0 Å². The third-order valence-electron chi connectivity index (χ3n) is 2.58. The Kier molecular flexibility index (Phi) is 4.29. The highest BCUT2D eigenvalue weighted by Gasteiger charge is 2.14. The summed E-state index contributed by atoms with van der Waals surface area (Å²) in [6, 6.07) is 2.17. The Morgan fingerprint density at radius 3 is 2.80 bits per heavy atom. The summed E-state index contributed by atoms with van der Waals surface area (Å²) >= 11 is 1.73. The lowest BCUT2D eigenvalue weighted by Gasteiger charge is -2.22. The van der Waals surface area contributed by atoms with Crippen molar-refractivity contribution in [2.45, 2.75) is 32.9 Å². The van der Waals surface area contributed by atoms with Crippen molar-refractivity contribution >= 4 is 17.3 Å². The highest BCUT2D eigenvalue weighted by molar-refractivity contribution is 7.10. The van der Waals surface area contributed by atoms with Crippen molar-refractivity contribution < 1.29 is 9.90 Å². The molecule has 0 radical (unpaired) electrons. The first-order chi connectivity index (χ1) is 7.00. The lowest BCUT2D eigenvalue weighted by atomic mass is 10.2. The predicted octanol–water partition coefficient (Wildman–Crippen LogP) is 2.35. The van der Waals surface area contributed by atoms with Crippen LogP contribution < -0.4 is 0 Å². The molecule has 84 valence electrons. The number of carboxylic acids is 1. The number of aliphatic carboxylic acids is 1. The summed E-state index contributed by atoms with van der Waals surface area (Å²) in [4.78, 5) is 14.0. The zero-order chi connectivity index (χ0) is 11.4. The third kappa shape index (κ3) is 3.64. The molecule has 0 amide bonds. The van der Waals surface area contributed by atoms with E-state index < -0.39 is 5.97 Å². The van der Waals surface area contributed by atoms with Gasteiger partial charge in [0.05, 0.1) is 6.42 Å². The van der Waals surface area contributed by atoms with E-state index in [1.54, 1.807) is 11.3 Å². The van der Waals surface area contributed by atoms with E-state index in [0.29, 0.717) is 0 Å². The van der Waals surface area contributed by atoms with E-state index >= 15 is 0 Å². The van der Waals surface area contributed by atoms with Crippen LogP contribution in [0.3, 0.4) is 0 Å². The molecule has 1 heterocycles. The van der Waals surface area contributed by atoms with Gasteiger partial charge in [-0.25, -0.2) is 0 Å². The number of carboxylic acid groups (broad SMARTS) is 1. The van der Waals surface area contributed by atoms with Crippen molar-refractivity contribution in [2.24, 2.45) is 0 Å². The molecule has 0 aliphatic carbocycles. The topological polar surface area (TPSA) is 40.5 Å². The zero-order valence-corrected chi connectivity index (χ0v) is 10.2. The minimum Gasteiger partial charge on any atom is -0.481 e. The number of hydrogen-bond donors (Lipinski definition) is 1. The lowest BCUT2D eigenvalue weighted by Crippen LogP contribution is -2.30. The first kappa shape index (κ1) is 12.2. The second-order valence-electron chi connectivity index (χ2n) is 3.89. The van der Waals surface area contributed by atoms with Crippen LogP contribution in [-0.4, -0.2) is 29.1 Å². The second-order valence-corrected chi connectivity index (χ2v) is 4.89. The van der Waals surface area contributed by atoms with Crippen LogP contribution in [0.4, 0.5) is 0 Å². The molecule has 0 aromatic carbocycles. The van der Waals surface area contributed by atoms with Crippen LogP contribution in [-0.2, 0) is 11.3 Å². The number of aryl methyl sites for hydroxylation is 1. The largest absolute Gasteiger partial charge is 0.481 e. The number of rotatable bonds is 5. The number of hydrogen-bond acceptors (Lipinski definition) is 3. The maximum atomic E-state index is 10.6. The molecule has 0 bridgehead atoms. The van der Waals surface area contributed by atoms with Gasteiger partial charge in [0.2, 0.25) is 0 Å². The van der Waals surface area contributed by atoms with E-state index in [1.807, 2.05) is 14.0 Å². The molecule has 15 heavy (non-hydrogen) atoms. The molecule has 4 heteroatoms. The fourth-order valence-corrected chi connectivity index (χ4v) is 2.33. The van der Waals surface area contributed by atoms with Gasteiger partial charge in [0.1, 0.15) is 0 Å². The SMILES string of the molecule is Cc1ccsc1CN(C)C(C)CC(=O)O. The minimum atomic E-state index is -0.739. The first-order valence-electron chi connectivity index (χ1n) is 4.95. The van der Waals surface area contributed by atoms with Crippen LogP contribution >= 0.6 is 11.3 Å². The summed E-state index contributed by atoms with van der Waals surface area (Å²) in [5.41, 5.74) is 1.29. The fraction of sp³-hybridized carbons (Fsp3) is 0.545. The molecule has 1 aromatic heterocycles. The van der Waals surface area contributed by atoms with Crippen LogP contribution in [0.5, 0.6) is 0 Å². The monoisotopic (exact) mass is 227 g/mol. The number of carbonyl (C=O) groups is 1. The van der Waals surface area contributed by atoms with E-state index in [2.05, 4.69) is 23.3 Å². The van der Waals surface area contributed by atoms with E-state index in [1.165, 1.54) is 10.4 Å². The van der Waals surface area contributed by atoms with Gasteiger partial charge in [0.25, 0.3) is 0 Å². The Morgan fingerprint density at radius 1 is 1.67 bits per heavy atom. The van der Waals surface area contributed by atoms with Crippen molar-refractivity contribution in [1.82, 2.24) is 4.90 Å². The smallest absolute Gasteiger partial charge is 0.304 e. The maximum absolute atomic E-state index is 10.6. The summed E-state index contributed by atoms with van der Waals surface area (Å²) in [6.45, 7) is 4.86. The predicted molar refractivity (Wildman–Crippen MR) is 62.2 cm³/mol. The van der Waals surface area contributed by atoms with Crippen molar-refractivity contribution in [1.29, 1.82) is 0 Å². The normalized spacial score (nSPS) is 13.1. The van der Waals surface area contributed by atoms with Crippen LogP contribution in [0.25, 0.3) is 0 Å². The first-order valence-corrected chi connectivity index (χ1v) is 5.83. The molecule has 3 nitrogen and oxygen atoms in total. The Balaban J connectivity index is 2.52. The van der Waals surface area contributed by atoms with Gasteiger partial charge in [0.15, 0.2) is 0 Å². The summed E-state index contributed by atoms with van der Waals surface area (Å²) < 4.78 is 0. The molecular weight excluding hydrogens is 210 g/mol. The molecule has 0 fully saturated rings. The average Bonchev–Trinajstić information content (AvgIpc) is 2.50. The van der Waals surface area contributed by atoms with E-state index in [4.69, 9.17) is 5.11 Å². The molecule has 0 saturated carbocycles. The lowest BCUT2D eigenvalue weighted by molar-refractivity contribution is -0.138. The molecule has 1 unspecified atom stereocenters. The van der Waals surface area contributed by atoms with Gasteiger partial charge >= 0.3 is 5.97 Å². The molecule has 1 aromatic rings. The van der Waals surface area contributed by atoms with Crippen molar-refractivity contribution in [3.63, 3.8) is 0 Å². The van der Waals surface area contributed by atoms with Crippen LogP contribution in [0.2, 0.25) is 0 Å². The summed E-state index contributed by atoms with van der Waals surface area (Å²) in [7, 11) is 1.97. The molecular formula is C11H17NO2S. The molecule has 0 saturated heterocycles. The standard InChI is InChI=1S/C11H17NO2S/c1-8-4-5-15-10(8)7-12(3)9(2)6-11(13)14/h4-5,9H,6-7H2,1-3H3,(H,13,14). The molecule has 0 aliphatic heterocycles. The Labute approximate surface area is 94.3 Å². The molecule has 0 aliphatic rings. The maximum Gasteiger partial charge on any atom is 0.304 e. The summed E-state index contributed by atoms with van der Waals surface area (Å²) in [5, 5.41) is 10.8. The average molecular weight is 227 g/mol. The van der Waals surface area contributed by atoms with Gasteiger partial charge in [0, 0.05) is 17.5 Å². The van der Waals surface area contributed by atoms with Gasteiger partial charge in [-0.15, -0.1) is 11.3 Å². The second kappa shape index (κ2) is 5.28. The van der Waals surface area contributed by atoms with E-state index in [-0.39, 0.29) is 12.5 Å². The van der Waals surface area contributed by atoms with Crippen LogP contribution in [0.15, 0.2) is 11.4 Å². The van der Waals surface area contributed by atoms with Crippen molar-refractivity contribution in [3.05, 3.63) is 21.9 Å². The van der Waals surface area contributed by atoms with Crippen LogP contribution in [0, 0.1) is 6.92 Å². The highest BCUT2D eigenvalue weighted by atomic mass is 32.1. The highest BCUT2D eigenvalue weighted by Crippen LogP contribution is 2.18. The fourth-order valence-electron chi connectivity index (χ4n) is 1.36. The van der Waals surface area contributed by atoms with Gasteiger partial charge in [-0.05, 0) is 37.9 Å². The van der Waals surface area contributed by atoms with Crippen molar-refractivity contribution in [2.75, 3.05) is 7.05 Å². The molecule has 1 N–H and O–H groups in total. The molecule has 1 atom stereocenters. The molecule has 1 rings (SSSR count). The Bertz CT molecular complexity index is 335. The Morgan fingerprint density at radius 2 is 2.33 bits per heavy atom. The van der Waals surface area contributed by atoms with Crippen LogP contribution in [0.1, 0.15) is 23.8 Å². The van der Waals surface area contributed by atoms with E-state index in [0.717, 1.165) is 6.54 Å². The minimum absolute atomic E-state index is 0.0731. The van der Waals surface area contributed by atoms with Gasteiger partial charge in [-0.1, -0.05) is 0 Å². The number of nitrogens with zero attached hydrogens (tertiary/aromatic N) is 1. The van der Waals surface area contributed by atoms with Gasteiger partial charge < -0.3 is 5.11 Å². The molecule has 0 spiro atoms. The van der Waals surface area contributed by atoms with Gasteiger partial charge in [-0.2, -0.15) is 0 Å².